The predicted molar refractivity (Wildman–Crippen MR) is 66.7 cm³/mol. The van der Waals surface area contributed by atoms with E-state index in [2.05, 4.69) is 9.89 Å². The number of carbonyl (C=O) groups is 1. The lowest BCUT2D eigenvalue weighted by atomic mass is 10.3. The van der Waals surface area contributed by atoms with Gasteiger partial charge in [0.25, 0.3) is 0 Å². The lowest BCUT2D eigenvalue weighted by Gasteiger charge is -2.18. The van der Waals surface area contributed by atoms with Gasteiger partial charge in [-0.15, -0.1) is 0 Å². The molecule has 1 heterocycles. The standard InChI is InChI=1S/C13H16F4N2O3/c1-19(5-9-4-10(22-18-9)8-2-3-8)11(20)6-21-7-13(16,17)12(14)15/h4,8,12H,2-3,5-7H2,1H3. The average Bonchev–Trinajstić information content (AvgIpc) is 3.19. The lowest BCUT2D eigenvalue weighted by molar-refractivity contribution is -0.170. The highest BCUT2D eigenvalue weighted by molar-refractivity contribution is 5.77. The molecule has 1 aliphatic carbocycles. The smallest absolute Gasteiger partial charge is 0.330 e. The third kappa shape index (κ3) is 4.43. The number of amides is 1. The molecule has 1 saturated carbocycles. The molecule has 0 unspecified atom stereocenters. The van der Waals surface area contributed by atoms with Crippen molar-refractivity contribution in [2.24, 2.45) is 0 Å². The molecular formula is C13H16F4N2O3. The average molecular weight is 324 g/mol. The van der Waals surface area contributed by atoms with E-state index in [4.69, 9.17) is 4.52 Å². The van der Waals surface area contributed by atoms with Gasteiger partial charge in [-0.3, -0.25) is 4.79 Å². The predicted octanol–water partition coefficient (Wildman–Crippen LogP) is 2.43. The number of carbonyl (C=O) groups excluding carboxylic acids is 1. The molecule has 1 aromatic heterocycles. The van der Waals surface area contributed by atoms with E-state index < -0.39 is 31.5 Å². The van der Waals surface area contributed by atoms with E-state index in [0.29, 0.717) is 11.6 Å². The molecule has 124 valence electrons. The SMILES string of the molecule is CN(Cc1cc(C2CC2)on1)C(=O)COCC(F)(F)C(F)F. The second kappa shape index (κ2) is 6.64. The normalized spacial score (nSPS) is 15.4. The number of aromatic nitrogens is 1. The minimum Gasteiger partial charge on any atom is -0.365 e. The van der Waals surface area contributed by atoms with Crippen LogP contribution in [-0.4, -0.2) is 48.6 Å². The van der Waals surface area contributed by atoms with Gasteiger partial charge in [0.1, 0.15) is 24.7 Å². The maximum absolute atomic E-state index is 12.6. The number of hydrogen-bond donors (Lipinski definition) is 0. The van der Waals surface area contributed by atoms with E-state index in [0.717, 1.165) is 18.6 Å². The number of halogens is 4. The molecule has 0 atom stereocenters. The molecule has 1 fully saturated rings. The van der Waals surface area contributed by atoms with Crippen LogP contribution < -0.4 is 0 Å². The summed E-state index contributed by atoms with van der Waals surface area (Å²) in [6.07, 6.45) is -1.72. The summed E-state index contributed by atoms with van der Waals surface area (Å²) in [5.74, 6) is -3.71. The van der Waals surface area contributed by atoms with Crippen LogP contribution in [0.1, 0.15) is 30.2 Å². The van der Waals surface area contributed by atoms with Crippen LogP contribution in [-0.2, 0) is 16.1 Å². The van der Waals surface area contributed by atoms with Crippen molar-refractivity contribution in [1.29, 1.82) is 0 Å². The molecule has 0 aliphatic heterocycles. The molecular weight excluding hydrogens is 308 g/mol. The molecule has 22 heavy (non-hydrogen) atoms. The van der Waals surface area contributed by atoms with Crippen molar-refractivity contribution >= 4 is 5.91 Å². The number of hydrogen-bond acceptors (Lipinski definition) is 4. The lowest BCUT2D eigenvalue weighted by Crippen LogP contribution is -2.35. The number of likely N-dealkylation sites (N-methyl/N-ethyl adjacent to an activating group) is 1. The first-order valence-corrected chi connectivity index (χ1v) is 6.73. The van der Waals surface area contributed by atoms with Gasteiger partial charge in [0.2, 0.25) is 5.91 Å². The molecule has 1 aromatic rings. The van der Waals surface area contributed by atoms with Crippen LogP contribution >= 0.6 is 0 Å². The molecule has 0 radical (unpaired) electrons. The Hall–Kier alpha value is -1.64. The first-order valence-electron chi connectivity index (χ1n) is 6.73. The number of ether oxygens (including phenoxy) is 1. The summed E-state index contributed by atoms with van der Waals surface area (Å²) < 4.78 is 58.5. The molecule has 0 aromatic carbocycles. The molecule has 0 spiro atoms. The Morgan fingerprint density at radius 2 is 2.23 bits per heavy atom. The van der Waals surface area contributed by atoms with Crippen molar-refractivity contribution in [3.8, 4) is 0 Å². The zero-order chi connectivity index (χ0) is 16.3. The fourth-order valence-electron chi connectivity index (χ4n) is 1.74. The van der Waals surface area contributed by atoms with Gasteiger partial charge in [0, 0.05) is 19.0 Å². The van der Waals surface area contributed by atoms with Crippen molar-refractivity contribution < 1.29 is 31.6 Å². The Morgan fingerprint density at radius 1 is 1.55 bits per heavy atom. The van der Waals surface area contributed by atoms with Gasteiger partial charge in [-0.05, 0) is 12.8 Å². The summed E-state index contributed by atoms with van der Waals surface area (Å²) in [7, 11) is 1.43. The Kier molecular flexibility index (Phi) is 5.05. The Balaban J connectivity index is 1.74. The largest absolute Gasteiger partial charge is 0.365 e. The fraction of sp³-hybridized carbons (Fsp3) is 0.692. The van der Waals surface area contributed by atoms with Crippen LogP contribution in [0.15, 0.2) is 10.6 Å². The van der Waals surface area contributed by atoms with Gasteiger partial charge >= 0.3 is 12.3 Å². The zero-order valence-electron chi connectivity index (χ0n) is 11.9. The van der Waals surface area contributed by atoms with Crippen LogP contribution in [0, 0.1) is 0 Å². The van der Waals surface area contributed by atoms with Crippen LogP contribution in [0.3, 0.4) is 0 Å². The van der Waals surface area contributed by atoms with E-state index in [1.165, 1.54) is 11.9 Å². The minimum atomic E-state index is -4.26. The molecule has 1 amide bonds. The van der Waals surface area contributed by atoms with Gasteiger partial charge in [-0.2, -0.15) is 8.78 Å². The van der Waals surface area contributed by atoms with Gasteiger partial charge < -0.3 is 14.2 Å². The summed E-state index contributed by atoms with van der Waals surface area (Å²) in [5, 5.41) is 3.81. The van der Waals surface area contributed by atoms with Crippen LogP contribution in [0.25, 0.3) is 0 Å². The highest BCUT2D eigenvalue weighted by Gasteiger charge is 2.41. The van der Waals surface area contributed by atoms with Crippen molar-refractivity contribution in [1.82, 2.24) is 10.1 Å². The molecule has 9 heteroatoms. The van der Waals surface area contributed by atoms with E-state index in [1.807, 2.05) is 0 Å². The monoisotopic (exact) mass is 324 g/mol. The number of alkyl halides is 4. The van der Waals surface area contributed by atoms with Gasteiger partial charge in [-0.25, -0.2) is 8.78 Å². The molecule has 2 rings (SSSR count). The number of rotatable bonds is 8. The van der Waals surface area contributed by atoms with E-state index >= 15 is 0 Å². The van der Waals surface area contributed by atoms with Crippen LogP contribution in [0.5, 0.6) is 0 Å². The minimum absolute atomic E-state index is 0.129. The zero-order valence-corrected chi connectivity index (χ0v) is 11.9. The van der Waals surface area contributed by atoms with Gasteiger partial charge in [-0.1, -0.05) is 5.16 Å². The first kappa shape index (κ1) is 16.7. The summed E-state index contributed by atoms with van der Waals surface area (Å²) >= 11 is 0. The molecule has 5 nitrogen and oxygen atoms in total. The van der Waals surface area contributed by atoms with Crippen LogP contribution in [0.4, 0.5) is 17.6 Å². The Labute approximate surface area is 124 Å². The highest BCUT2D eigenvalue weighted by Crippen LogP contribution is 2.40. The highest BCUT2D eigenvalue weighted by atomic mass is 19.3. The maximum atomic E-state index is 12.6. The van der Waals surface area contributed by atoms with E-state index in [9.17, 15) is 22.4 Å². The molecule has 0 N–H and O–H groups in total. The van der Waals surface area contributed by atoms with Crippen molar-refractivity contribution in [2.75, 3.05) is 20.3 Å². The number of nitrogens with zero attached hydrogens (tertiary/aromatic N) is 2. The summed E-state index contributed by atoms with van der Waals surface area (Å²) in [4.78, 5) is 12.9. The second-order valence-electron chi connectivity index (χ2n) is 5.30. The molecule has 1 aliphatic rings. The van der Waals surface area contributed by atoms with Crippen molar-refractivity contribution in [3.63, 3.8) is 0 Å². The summed E-state index contributed by atoms with van der Waals surface area (Å²) in [5.41, 5.74) is 0.538. The molecule has 0 bridgehead atoms. The van der Waals surface area contributed by atoms with Crippen molar-refractivity contribution in [3.05, 3.63) is 17.5 Å². The quantitative estimate of drug-likeness (QED) is 0.689. The van der Waals surface area contributed by atoms with Crippen LogP contribution in [0.2, 0.25) is 0 Å². The summed E-state index contributed by atoms with van der Waals surface area (Å²) in [6, 6.07) is 1.74. The van der Waals surface area contributed by atoms with E-state index in [-0.39, 0.29) is 6.54 Å². The topological polar surface area (TPSA) is 55.6 Å². The second-order valence-corrected chi connectivity index (χ2v) is 5.30. The summed E-state index contributed by atoms with van der Waals surface area (Å²) in [6.45, 7) is -2.07. The van der Waals surface area contributed by atoms with E-state index in [1.54, 1.807) is 6.07 Å². The Bertz CT molecular complexity index is 517. The van der Waals surface area contributed by atoms with Gasteiger partial charge in [0.15, 0.2) is 0 Å². The molecule has 0 saturated heterocycles. The third-order valence-electron chi connectivity index (χ3n) is 3.22. The first-order chi connectivity index (χ1) is 10.3. The Morgan fingerprint density at radius 3 is 2.82 bits per heavy atom. The van der Waals surface area contributed by atoms with Crippen molar-refractivity contribution in [2.45, 2.75) is 37.7 Å². The third-order valence-corrected chi connectivity index (χ3v) is 3.22. The van der Waals surface area contributed by atoms with Gasteiger partial charge in [0.05, 0.1) is 6.54 Å². The fourth-order valence-corrected chi connectivity index (χ4v) is 1.74. The maximum Gasteiger partial charge on any atom is 0.330 e.